The second-order valence-corrected chi connectivity index (χ2v) is 6.96. The monoisotopic (exact) mass is 400 g/mol. The highest BCUT2D eigenvalue weighted by molar-refractivity contribution is 14.1. The standard InChI is InChI=1S/C19H29IO/c1-3-5-7-11-15-18(20)17(14-6-4-2)19(21)16-12-9-8-10-13-16/h8-10,12-13,19,21H,3-7,11,14-15H2,1-2H3/b18-17-. The number of unbranched alkanes of at least 4 members (excludes halogenated alkanes) is 4. The second kappa shape index (κ2) is 11.2. The van der Waals surface area contributed by atoms with Gasteiger partial charge in [-0.1, -0.05) is 69.9 Å². The maximum Gasteiger partial charge on any atom is 0.101 e. The molecule has 0 bridgehead atoms. The lowest BCUT2D eigenvalue weighted by atomic mass is 9.95. The molecular formula is C19H29IO. The van der Waals surface area contributed by atoms with Gasteiger partial charge in [0, 0.05) is 0 Å². The average molecular weight is 400 g/mol. The van der Waals surface area contributed by atoms with E-state index >= 15 is 0 Å². The Morgan fingerprint density at radius 2 is 1.62 bits per heavy atom. The van der Waals surface area contributed by atoms with Crippen LogP contribution in [0.15, 0.2) is 39.5 Å². The summed E-state index contributed by atoms with van der Waals surface area (Å²) in [4.78, 5) is 0. The van der Waals surface area contributed by atoms with E-state index < -0.39 is 6.10 Å². The van der Waals surface area contributed by atoms with Gasteiger partial charge < -0.3 is 5.11 Å². The van der Waals surface area contributed by atoms with Crippen LogP contribution >= 0.6 is 22.6 Å². The minimum absolute atomic E-state index is 0.434. The number of rotatable bonds is 10. The van der Waals surface area contributed by atoms with Crippen LogP contribution in [0.4, 0.5) is 0 Å². The number of aliphatic hydroxyl groups is 1. The van der Waals surface area contributed by atoms with E-state index in [1.165, 1.54) is 41.3 Å². The van der Waals surface area contributed by atoms with Crippen molar-refractivity contribution < 1.29 is 5.11 Å². The molecule has 0 heterocycles. The molecule has 0 aromatic heterocycles. The van der Waals surface area contributed by atoms with Crippen LogP contribution in [0.25, 0.3) is 0 Å². The van der Waals surface area contributed by atoms with Crippen LogP contribution in [0.2, 0.25) is 0 Å². The third kappa shape index (κ3) is 6.96. The Hall–Kier alpha value is -0.350. The Bertz CT molecular complexity index is 411. The maximum atomic E-state index is 10.7. The maximum absolute atomic E-state index is 10.7. The minimum atomic E-state index is -0.434. The Labute approximate surface area is 144 Å². The molecule has 0 spiro atoms. The van der Waals surface area contributed by atoms with E-state index in [4.69, 9.17) is 0 Å². The van der Waals surface area contributed by atoms with Gasteiger partial charge in [-0.15, -0.1) is 0 Å². The number of hydrogen-bond donors (Lipinski definition) is 1. The van der Waals surface area contributed by atoms with Gasteiger partial charge in [0.15, 0.2) is 0 Å². The van der Waals surface area contributed by atoms with Crippen molar-refractivity contribution >= 4 is 22.6 Å². The number of aliphatic hydroxyl groups excluding tert-OH is 1. The number of allylic oxidation sites excluding steroid dienone is 1. The lowest BCUT2D eigenvalue weighted by Gasteiger charge is -2.18. The number of benzene rings is 1. The lowest BCUT2D eigenvalue weighted by Crippen LogP contribution is -2.04. The third-order valence-corrected chi connectivity index (χ3v) is 5.08. The molecule has 1 aromatic rings. The predicted octanol–water partition coefficient (Wildman–Crippen LogP) is 6.57. The molecule has 1 aromatic carbocycles. The van der Waals surface area contributed by atoms with Gasteiger partial charge in [-0.25, -0.2) is 0 Å². The molecule has 0 radical (unpaired) electrons. The summed E-state index contributed by atoms with van der Waals surface area (Å²) in [5.74, 6) is 0. The Morgan fingerprint density at radius 3 is 2.24 bits per heavy atom. The van der Waals surface area contributed by atoms with Gasteiger partial charge >= 0.3 is 0 Å². The van der Waals surface area contributed by atoms with Gasteiger partial charge in [0.1, 0.15) is 6.10 Å². The van der Waals surface area contributed by atoms with Crippen molar-refractivity contribution in [3.8, 4) is 0 Å². The van der Waals surface area contributed by atoms with Crippen molar-refractivity contribution in [3.05, 3.63) is 45.0 Å². The van der Waals surface area contributed by atoms with Crippen LogP contribution in [-0.4, -0.2) is 5.11 Å². The molecule has 1 atom stereocenters. The molecule has 1 unspecified atom stereocenters. The zero-order valence-corrected chi connectivity index (χ0v) is 15.6. The molecule has 1 rings (SSSR count). The fraction of sp³-hybridized carbons (Fsp3) is 0.579. The highest BCUT2D eigenvalue weighted by atomic mass is 127. The Balaban J connectivity index is 2.77. The molecule has 2 heteroatoms. The number of halogens is 1. The van der Waals surface area contributed by atoms with Crippen LogP contribution < -0.4 is 0 Å². The van der Waals surface area contributed by atoms with Crippen molar-refractivity contribution in [2.24, 2.45) is 0 Å². The Morgan fingerprint density at radius 1 is 0.952 bits per heavy atom. The molecule has 0 aliphatic rings. The van der Waals surface area contributed by atoms with E-state index in [9.17, 15) is 5.11 Å². The van der Waals surface area contributed by atoms with E-state index in [2.05, 4.69) is 36.4 Å². The van der Waals surface area contributed by atoms with E-state index in [0.717, 1.165) is 24.8 Å². The SMILES string of the molecule is CCCCCC/C(I)=C(\CCCC)C(O)c1ccccc1. The normalized spacial score (nSPS) is 13.9. The highest BCUT2D eigenvalue weighted by Crippen LogP contribution is 2.33. The smallest absolute Gasteiger partial charge is 0.101 e. The van der Waals surface area contributed by atoms with Gasteiger partial charge in [0.05, 0.1) is 0 Å². The molecule has 0 aliphatic carbocycles. The van der Waals surface area contributed by atoms with Gasteiger partial charge in [-0.05, 0) is 63.0 Å². The third-order valence-electron chi connectivity index (χ3n) is 3.84. The summed E-state index contributed by atoms with van der Waals surface area (Å²) in [6.07, 6.45) is 9.14. The quantitative estimate of drug-likeness (QED) is 0.348. The van der Waals surface area contributed by atoms with Gasteiger partial charge in [-0.3, -0.25) is 0 Å². The fourth-order valence-corrected chi connectivity index (χ4v) is 3.44. The molecule has 118 valence electrons. The van der Waals surface area contributed by atoms with Gasteiger partial charge in [0.25, 0.3) is 0 Å². The first-order chi connectivity index (χ1) is 10.2. The van der Waals surface area contributed by atoms with Crippen molar-refractivity contribution in [2.45, 2.75) is 71.3 Å². The van der Waals surface area contributed by atoms with Crippen LogP contribution in [0.5, 0.6) is 0 Å². The van der Waals surface area contributed by atoms with Crippen molar-refractivity contribution in [1.29, 1.82) is 0 Å². The van der Waals surface area contributed by atoms with E-state index in [-0.39, 0.29) is 0 Å². The van der Waals surface area contributed by atoms with Crippen LogP contribution in [0.3, 0.4) is 0 Å². The molecule has 0 fully saturated rings. The Kier molecular flexibility index (Phi) is 10.0. The highest BCUT2D eigenvalue weighted by Gasteiger charge is 2.16. The summed E-state index contributed by atoms with van der Waals surface area (Å²) >= 11 is 2.46. The summed E-state index contributed by atoms with van der Waals surface area (Å²) < 4.78 is 1.37. The molecule has 0 amide bonds. The van der Waals surface area contributed by atoms with Crippen molar-refractivity contribution in [2.75, 3.05) is 0 Å². The topological polar surface area (TPSA) is 20.2 Å². The van der Waals surface area contributed by atoms with E-state index in [1.807, 2.05) is 30.3 Å². The second-order valence-electron chi connectivity index (χ2n) is 5.66. The molecule has 0 saturated carbocycles. The molecular weight excluding hydrogens is 371 g/mol. The molecule has 0 aliphatic heterocycles. The first-order valence-corrected chi connectivity index (χ1v) is 9.39. The summed E-state index contributed by atoms with van der Waals surface area (Å²) in [5, 5.41) is 10.7. The van der Waals surface area contributed by atoms with Crippen LogP contribution in [-0.2, 0) is 0 Å². The summed E-state index contributed by atoms with van der Waals surface area (Å²) in [6.45, 7) is 4.45. The molecule has 1 nitrogen and oxygen atoms in total. The molecule has 1 N–H and O–H groups in total. The van der Waals surface area contributed by atoms with Crippen molar-refractivity contribution in [3.63, 3.8) is 0 Å². The van der Waals surface area contributed by atoms with Gasteiger partial charge in [0.2, 0.25) is 0 Å². The van der Waals surface area contributed by atoms with Crippen molar-refractivity contribution in [1.82, 2.24) is 0 Å². The lowest BCUT2D eigenvalue weighted by molar-refractivity contribution is 0.210. The first-order valence-electron chi connectivity index (χ1n) is 8.31. The number of hydrogen-bond acceptors (Lipinski definition) is 1. The zero-order valence-electron chi connectivity index (χ0n) is 13.4. The minimum Gasteiger partial charge on any atom is -0.384 e. The summed E-state index contributed by atoms with van der Waals surface area (Å²) in [7, 11) is 0. The fourth-order valence-electron chi connectivity index (χ4n) is 2.49. The van der Waals surface area contributed by atoms with Gasteiger partial charge in [-0.2, -0.15) is 0 Å². The van der Waals surface area contributed by atoms with Crippen LogP contribution in [0, 0.1) is 0 Å². The largest absolute Gasteiger partial charge is 0.384 e. The average Bonchev–Trinajstić information content (AvgIpc) is 2.52. The van der Waals surface area contributed by atoms with Crippen LogP contribution in [0.1, 0.15) is 76.9 Å². The first kappa shape index (κ1) is 18.7. The predicted molar refractivity (Wildman–Crippen MR) is 101 cm³/mol. The zero-order chi connectivity index (χ0) is 15.5. The summed E-state index contributed by atoms with van der Waals surface area (Å²) in [5.41, 5.74) is 2.26. The van der Waals surface area contributed by atoms with E-state index in [1.54, 1.807) is 0 Å². The molecule has 21 heavy (non-hydrogen) atoms. The molecule has 0 saturated heterocycles. The summed E-state index contributed by atoms with van der Waals surface area (Å²) in [6, 6.07) is 10.1. The van der Waals surface area contributed by atoms with E-state index in [0.29, 0.717) is 0 Å².